The molecular weight excluding hydrogens is 314 g/mol. The zero-order chi connectivity index (χ0) is 17.6. The average Bonchev–Trinajstić information content (AvgIpc) is 2.61. The molecule has 2 aliphatic rings. The number of fused-ring (bicyclic) bond motifs is 3. The van der Waals surface area contributed by atoms with Crippen LogP contribution in [0.15, 0.2) is 36.4 Å². The van der Waals surface area contributed by atoms with Crippen molar-refractivity contribution in [3.8, 4) is 11.5 Å². The molecular formula is C21H25NO3. The van der Waals surface area contributed by atoms with Crippen LogP contribution in [0.3, 0.4) is 0 Å². The van der Waals surface area contributed by atoms with Crippen molar-refractivity contribution in [1.29, 1.82) is 0 Å². The number of aromatic hydroxyl groups is 1. The second-order valence-corrected chi connectivity index (χ2v) is 7.27. The second-order valence-electron chi connectivity index (χ2n) is 7.27. The molecule has 0 aromatic heterocycles. The molecule has 0 aliphatic carbocycles. The normalized spacial score (nSPS) is 26.0. The second kappa shape index (κ2) is 6.36. The topological polar surface area (TPSA) is 52.9 Å². The number of aryl methyl sites for hydroxylation is 1. The van der Waals surface area contributed by atoms with Gasteiger partial charge in [0.25, 0.3) is 0 Å². The summed E-state index contributed by atoms with van der Waals surface area (Å²) < 4.78 is 5.24. The maximum Gasteiger partial charge on any atom is 0.161 e. The highest BCUT2D eigenvalue weighted by molar-refractivity contribution is 5.52. The summed E-state index contributed by atoms with van der Waals surface area (Å²) in [4.78, 5) is 2.45. The van der Waals surface area contributed by atoms with E-state index in [2.05, 4.69) is 36.1 Å². The van der Waals surface area contributed by atoms with Crippen molar-refractivity contribution >= 4 is 0 Å². The Balaban J connectivity index is 1.64. The van der Waals surface area contributed by atoms with Gasteiger partial charge in [0.05, 0.1) is 13.2 Å². The van der Waals surface area contributed by atoms with E-state index < -0.39 is 0 Å². The molecule has 0 radical (unpaired) electrons. The summed E-state index contributed by atoms with van der Waals surface area (Å²) in [5.41, 5.74) is 4.55. The van der Waals surface area contributed by atoms with E-state index in [0.29, 0.717) is 12.2 Å². The van der Waals surface area contributed by atoms with E-state index >= 15 is 0 Å². The van der Waals surface area contributed by atoms with E-state index in [1.807, 2.05) is 12.1 Å². The minimum atomic E-state index is -0.377. The predicted octanol–water partition coefficient (Wildman–Crippen LogP) is 3.16. The highest BCUT2D eigenvalue weighted by Crippen LogP contribution is 2.45. The Kier molecular flexibility index (Phi) is 4.18. The molecule has 0 spiro atoms. The molecule has 3 atom stereocenters. The predicted molar refractivity (Wildman–Crippen MR) is 97.2 cm³/mol. The number of aliphatic hydroxyl groups is 1. The van der Waals surface area contributed by atoms with Crippen molar-refractivity contribution in [2.75, 3.05) is 20.2 Å². The van der Waals surface area contributed by atoms with Crippen molar-refractivity contribution in [2.45, 2.75) is 37.8 Å². The van der Waals surface area contributed by atoms with E-state index in [1.54, 1.807) is 7.11 Å². The zero-order valence-electron chi connectivity index (χ0n) is 14.8. The number of piperidine rings is 1. The number of ether oxygens (including phenoxy) is 1. The maximum atomic E-state index is 10.8. The molecule has 0 amide bonds. The minimum absolute atomic E-state index is 0.143. The van der Waals surface area contributed by atoms with Crippen LogP contribution in [0, 0.1) is 6.92 Å². The van der Waals surface area contributed by atoms with Crippen LogP contribution in [0.5, 0.6) is 11.5 Å². The number of hydrogen-bond acceptors (Lipinski definition) is 4. The Morgan fingerprint density at radius 2 is 2.04 bits per heavy atom. The third kappa shape index (κ3) is 2.79. The molecule has 132 valence electrons. The Hall–Kier alpha value is -2.04. The summed E-state index contributed by atoms with van der Waals surface area (Å²) in [6, 6.07) is 12.5. The molecule has 25 heavy (non-hydrogen) atoms. The third-order valence-electron chi connectivity index (χ3n) is 5.78. The van der Waals surface area contributed by atoms with Gasteiger partial charge < -0.3 is 14.9 Å². The van der Waals surface area contributed by atoms with E-state index in [0.717, 1.165) is 30.6 Å². The molecule has 2 aliphatic heterocycles. The molecule has 2 unspecified atom stereocenters. The van der Waals surface area contributed by atoms with Crippen molar-refractivity contribution in [3.63, 3.8) is 0 Å². The lowest BCUT2D eigenvalue weighted by Gasteiger charge is -2.46. The lowest BCUT2D eigenvalue weighted by molar-refractivity contribution is 0.0165. The molecule has 2 aromatic rings. The van der Waals surface area contributed by atoms with Crippen LogP contribution >= 0.6 is 0 Å². The van der Waals surface area contributed by atoms with E-state index in [4.69, 9.17) is 4.74 Å². The Bertz CT molecular complexity index is 789. The van der Waals surface area contributed by atoms with Gasteiger partial charge in [-0.15, -0.1) is 0 Å². The van der Waals surface area contributed by atoms with Gasteiger partial charge in [-0.3, -0.25) is 4.90 Å². The van der Waals surface area contributed by atoms with Gasteiger partial charge in [0, 0.05) is 30.6 Å². The number of phenols is 1. The van der Waals surface area contributed by atoms with Gasteiger partial charge in [0.15, 0.2) is 11.5 Å². The fourth-order valence-corrected chi connectivity index (χ4v) is 4.47. The van der Waals surface area contributed by atoms with Gasteiger partial charge in [-0.05, 0) is 37.0 Å². The minimum Gasteiger partial charge on any atom is -0.504 e. The molecule has 0 bridgehead atoms. The lowest BCUT2D eigenvalue weighted by atomic mass is 9.79. The average molecular weight is 339 g/mol. The number of nitrogens with zero attached hydrogens (tertiary/aromatic N) is 1. The SMILES string of the molecule is COc1ccc2c(c1O)CCN1CC(c3cccc(C)c3)C(O)C[C@@H]21. The monoisotopic (exact) mass is 339 g/mol. The number of methoxy groups -OCH3 is 1. The molecule has 4 heteroatoms. The lowest BCUT2D eigenvalue weighted by Crippen LogP contribution is -2.47. The van der Waals surface area contributed by atoms with Crippen LogP contribution < -0.4 is 4.74 Å². The van der Waals surface area contributed by atoms with Crippen molar-refractivity contribution in [3.05, 3.63) is 58.7 Å². The van der Waals surface area contributed by atoms with Crippen molar-refractivity contribution in [2.24, 2.45) is 0 Å². The highest BCUT2D eigenvalue weighted by Gasteiger charge is 2.39. The number of benzene rings is 2. The Morgan fingerprint density at radius 1 is 1.20 bits per heavy atom. The van der Waals surface area contributed by atoms with E-state index in [1.165, 1.54) is 11.1 Å². The first-order valence-electron chi connectivity index (χ1n) is 8.96. The van der Waals surface area contributed by atoms with Crippen molar-refractivity contribution in [1.82, 2.24) is 4.90 Å². The van der Waals surface area contributed by atoms with Crippen molar-refractivity contribution < 1.29 is 14.9 Å². The smallest absolute Gasteiger partial charge is 0.161 e. The number of rotatable bonds is 2. The summed E-state index contributed by atoms with van der Waals surface area (Å²) in [7, 11) is 1.58. The summed E-state index contributed by atoms with van der Waals surface area (Å²) in [5.74, 6) is 0.931. The van der Waals surface area contributed by atoms with Crippen LogP contribution in [0.1, 0.15) is 40.6 Å². The van der Waals surface area contributed by atoms with Crippen LogP contribution in [-0.2, 0) is 6.42 Å². The van der Waals surface area contributed by atoms with Crippen LogP contribution in [0.25, 0.3) is 0 Å². The van der Waals surface area contributed by atoms with E-state index in [-0.39, 0.29) is 23.8 Å². The number of phenolic OH excluding ortho intramolecular Hbond substituents is 1. The third-order valence-corrected chi connectivity index (χ3v) is 5.78. The molecule has 1 saturated heterocycles. The fraction of sp³-hybridized carbons (Fsp3) is 0.429. The Morgan fingerprint density at radius 3 is 2.80 bits per heavy atom. The Labute approximate surface area is 148 Å². The molecule has 0 saturated carbocycles. The van der Waals surface area contributed by atoms with Gasteiger partial charge in [-0.2, -0.15) is 0 Å². The number of aliphatic hydroxyl groups excluding tert-OH is 1. The fourth-order valence-electron chi connectivity index (χ4n) is 4.47. The molecule has 4 rings (SSSR count). The standard InChI is InChI=1S/C21H25NO3/c1-13-4-3-5-14(10-13)17-12-22-9-8-16-15(18(22)11-19(17)23)6-7-20(25-2)21(16)24/h3-7,10,17-19,23-24H,8-9,11-12H2,1-2H3/t17?,18-,19?/m0/s1. The summed E-state index contributed by atoms with van der Waals surface area (Å²) in [6.07, 6.45) is 1.13. The maximum absolute atomic E-state index is 10.8. The van der Waals surface area contributed by atoms with Gasteiger partial charge in [-0.1, -0.05) is 35.9 Å². The zero-order valence-corrected chi connectivity index (χ0v) is 14.8. The van der Waals surface area contributed by atoms with Gasteiger partial charge in [0.1, 0.15) is 0 Å². The molecule has 2 heterocycles. The quantitative estimate of drug-likeness (QED) is 0.882. The molecule has 2 aromatic carbocycles. The summed E-state index contributed by atoms with van der Waals surface area (Å²) in [6.45, 7) is 3.84. The highest BCUT2D eigenvalue weighted by atomic mass is 16.5. The van der Waals surface area contributed by atoms with E-state index in [9.17, 15) is 10.2 Å². The largest absolute Gasteiger partial charge is 0.504 e. The molecule has 2 N–H and O–H groups in total. The van der Waals surface area contributed by atoms with Gasteiger partial charge >= 0.3 is 0 Å². The first-order valence-corrected chi connectivity index (χ1v) is 8.96. The molecule has 4 nitrogen and oxygen atoms in total. The first kappa shape index (κ1) is 16.4. The summed E-state index contributed by atoms with van der Waals surface area (Å²) in [5, 5.41) is 21.3. The van der Waals surface area contributed by atoms with Gasteiger partial charge in [-0.25, -0.2) is 0 Å². The van der Waals surface area contributed by atoms with Gasteiger partial charge in [0.2, 0.25) is 0 Å². The van der Waals surface area contributed by atoms with Crippen LogP contribution in [0.2, 0.25) is 0 Å². The number of hydrogen-bond donors (Lipinski definition) is 2. The molecule has 1 fully saturated rings. The summed E-state index contributed by atoms with van der Waals surface area (Å²) >= 11 is 0. The van der Waals surface area contributed by atoms with Crippen LogP contribution in [-0.4, -0.2) is 41.4 Å². The van der Waals surface area contributed by atoms with Crippen LogP contribution in [0.4, 0.5) is 0 Å². The first-order chi connectivity index (χ1) is 12.1.